The molecule has 0 heterocycles. The van der Waals surface area contributed by atoms with Crippen molar-refractivity contribution in [3.05, 3.63) is 39.7 Å². The first-order valence-corrected chi connectivity index (χ1v) is 3.86. The van der Waals surface area contributed by atoms with E-state index in [1.807, 2.05) is 0 Å². The number of nitro benzene ring substituents is 1. The summed E-state index contributed by atoms with van der Waals surface area (Å²) in [5.74, 6) is -0.948. The molecule has 0 saturated carbocycles. The summed E-state index contributed by atoms with van der Waals surface area (Å²) in [4.78, 5) is 9.44. The van der Waals surface area contributed by atoms with E-state index >= 15 is 0 Å². The Labute approximate surface area is 79.1 Å². The molecule has 14 heavy (non-hydrogen) atoms. The van der Waals surface area contributed by atoms with Crippen LogP contribution in [0.1, 0.15) is 11.6 Å². The lowest BCUT2D eigenvalue weighted by Gasteiger charge is -2.07. The van der Waals surface area contributed by atoms with Gasteiger partial charge in [0.2, 0.25) is 5.82 Å². The molecule has 0 unspecified atom stereocenters. The maximum absolute atomic E-state index is 13.0. The van der Waals surface area contributed by atoms with Crippen LogP contribution in [-0.2, 0) is 0 Å². The van der Waals surface area contributed by atoms with Gasteiger partial charge in [0.15, 0.2) is 0 Å². The van der Waals surface area contributed by atoms with Gasteiger partial charge in [-0.3, -0.25) is 10.1 Å². The van der Waals surface area contributed by atoms with E-state index in [9.17, 15) is 14.5 Å². The summed E-state index contributed by atoms with van der Waals surface area (Å²) < 4.78 is 13.0. The van der Waals surface area contributed by atoms with Gasteiger partial charge in [-0.2, -0.15) is 4.39 Å². The largest absolute Gasteiger partial charge is 0.394 e. The molecule has 6 heteroatoms. The molecule has 0 fully saturated rings. The van der Waals surface area contributed by atoms with Crippen LogP contribution in [-0.4, -0.2) is 16.6 Å². The van der Waals surface area contributed by atoms with Crippen molar-refractivity contribution in [2.24, 2.45) is 5.73 Å². The Hall–Kier alpha value is -1.53. The summed E-state index contributed by atoms with van der Waals surface area (Å²) in [6.07, 6.45) is 0. The summed E-state index contributed by atoms with van der Waals surface area (Å²) in [6.45, 7) is -0.336. The van der Waals surface area contributed by atoms with E-state index in [-0.39, 0.29) is 6.61 Å². The third-order valence-electron chi connectivity index (χ3n) is 1.79. The standard InChI is InChI=1S/C8H9FN2O3/c9-6-3-5(7(10)4-12)1-2-8(6)11(13)14/h1-3,7,12H,4,10H2/t7-/m1/s1. The minimum atomic E-state index is -0.948. The fourth-order valence-corrected chi connectivity index (χ4v) is 1.01. The van der Waals surface area contributed by atoms with Crippen LogP contribution in [0.2, 0.25) is 0 Å². The Morgan fingerprint density at radius 1 is 1.64 bits per heavy atom. The zero-order valence-corrected chi connectivity index (χ0v) is 7.18. The average Bonchev–Trinajstić information content (AvgIpc) is 2.15. The molecular weight excluding hydrogens is 191 g/mol. The second kappa shape index (κ2) is 4.12. The number of benzene rings is 1. The first-order valence-electron chi connectivity index (χ1n) is 3.86. The molecule has 1 rings (SSSR count). The van der Waals surface area contributed by atoms with Crippen molar-refractivity contribution >= 4 is 5.69 Å². The van der Waals surface area contributed by atoms with E-state index in [0.29, 0.717) is 5.56 Å². The molecule has 1 atom stereocenters. The van der Waals surface area contributed by atoms with Gasteiger partial charge >= 0.3 is 5.69 Å². The first-order chi connectivity index (χ1) is 6.56. The van der Waals surface area contributed by atoms with Crippen molar-refractivity contribution in [2.45, 2.75) is 6.04 Å². The second-order valence-electron chi connectivity index (χ2n) is 2.76. The average molecular weight is 200 g/mol. The van der Waals surface area contributed by atoms with Gasteiger partial charge in [-0.25, -0.2) is 0 Å². The highest BCUT2D eigenvalue weighted by molar-refractivity contribution is 5.36. The third kappa shape index (κ3) is 2.04. The Morgan fingerprint density at radius 2 is 2.29 bits per heavy atom. The van der Waals surface area contributed by atoms with E-state index < -0.39 is 22.5 Å². The molecule has 0 bridgehead atoms. The highest BCUT2D eigenvalue weighted by atomic mass is 19.1. The molecule has 0 radical (unpaired) electrons. The van der Waals surface area contributed by atoms with E-state index in [1.54, 1.807) is 0 Å². The predicted molar refractivity (Wildman–Crippen MR) is 47.1 cm³/mol. The molecule has 3 N–H and O–H groups in total. The van der Waals surface area contributed by atoms with Gasteiger partial charge in [0.05, 0.1) is 17.6 Å². The van der Waals surface area contributed by atoms with Gasteiger partial charge in [0, 0.05) is 6.07 Å². The topological polar surface area (TPSA) is 89.4 Å². The Bertz CT molecular complexity index is 356. The summed E-state index contributed by atoms with van der Waals surface area (Å²) >= 11 is 0. The number of aliphatic hydroxyl groups excluding tert-OH is 1. The molecule has 0 saturated heterocycles. The van der Waals surface area contributed by atoms with Crippen LogP contribution in [0, 0.1) is 15.9 Å². The Balaban J connectivity index is 3.06. The number of nitrogens with zero attached hydrogens (tertiary/aromatic N) is 1. The van der Waals surface area contributed by atoms with Crippen LogP contribution in [0.4, 0.5) is 10.1 Å². The highest BCUT2D eigenvalue weighted by Crippen LogP contribution is 2.20. The van der Waals surface area contributed by atoms with Crippen molar-refractivity contribution in [3.8, 4) is 0 Å². The molecule has 76 valence electrons. The zero-order valence-electron chi connectivity index (χ0n) is 7.18. The monoisotopic (exact) mass is 200 g/mol. The van der Waals surface area contributed by atoms with E-state index in [4.69, 9.17) is 10.8 Å². The molecule has 5 nitrogen and oxygen atoms in total. The zero-order chi connectivity index (χ0) is 10.7. The summed E-state index contributed by atoms with van der Waals surface area (Å²) in [6, 6.07) is 2.59. The minimum absolute atomic E-state index is 0.329. The van der Waals surface area contributed by atoms with Crippen LogP contribution in [0.15, 0.2) is 18.2 Å². The first kappa shape index (κ1) is 10.6. The molecular formula is C8H9FN2O3. The van der Waals surface area contributed by atoms with Gasteiger partial charge in [0.1, 0.15) is 0 Å². The number of aliphatic hydroxyl groups is 1. The molecule has 0 aliphatic carbocycles. The number of nitrogens with two attached hydrogens (primary N) is 1. The van der Waals surface area contributed by atoms with E-state index in [2.05, 4.69) is 0 Å². The fraction of sp³-hybridized carbons (Fsp3) is 0.250. The fourth-order valence-electron chi connectivity index (χ4n) is 1.01. The number of hydrogen-bond donors (Lipinski definition) is 2. The predicted octanol–water partition coefficient (Wildman–Crippen LogP) is 0.726. The minimum Gasteiger partial charge on any atom is -0.394 e. The van der Waals surface area contributed by atoms with Crippen LogP contribution in [0.25, 0.3) is 0 Å². The summed E-state index contributed by atoms with van der Waals surface area (Å²) in [5, 5.41) is 18.9. The Morgan fingerprint density at radius 3 is 2.71 bits per heavy atom. The van der Waals surface area contributed by atoms with E-state index in [0.717, 1.165) is 12.1 Å². The van der Waals surface area contributed by atoms with Gasteiger partial charge in [0.25, 0.3) is 0 Å². The quantitative estimate of drug-likeness (QED) is 0.555. The molecule has 1 aromatic carbocycles. The van der Waals surface area contributed by atoms with Crippen molar-refractivity contribution in [3.63, 3.8) is 0 Å². The molecule has 0 aliphatic rings. The van der Waals surface area contributed by atoms with Crippen LogP contribution >= 0.6 is 0 Å². The van der Waals surface area contributed by atoms with Crippen molar-refractivity contribution in [1.82, 2.24) is 0 Å². The molecule has 0 aliphatic heterocycles. The number of halogens is 1. The lowest BCUT2D eigenvalue weighted by Crippen LogP contribution is -2.14. The lowest BCUT2D eigenvalue weighted by molar-refractivity contribution is -0.387. The summed E-state index contributed by atoms with van der Waals surface area (Å²) in [5.41, 5.74) is 5.13. The van der Waals surface area contributed by atoms with Gasteiger partial charge in [-0.05, 0) is 11.6 Å². The van der Waals surface area contributed by atoms with Crippen molar-refractivity contribution < 1.29 is 14.4 Å². The molecule has 0 spiro atoms. The third-order valence-corrected chi connectivity index (χ3v) is 1.79. The normalized spacial score (nSPS) is 12.5. The molecule has 1 aromatic rings. The highest BCUT2D eigenvalue weighted by Gasteiger charge is 2.15. The SMILES string of the molecule is N[C@H](CO)c1ccc([N+](=O)[O-])c(F)c1. The Kier molecular flexibility index (Phi) is 3.10. The van der Waals surface area contributed by atoms with Gasteiger partial charge in [-0.15, -0.1) is 0 Å². The number of rotatable bonds is 3. The van der Waals surface area contributed by atoms with Crippen molar-refractivity contribution in [1.29, 1.82) is 0 Å². The lowest BCUT2D eigenvalue weighted by atomic mass is 10.1. The van der Waals surface area contributed by atoms with Crippen LogP contribution in [0.3, 0.4) is 0 Å². The number of hydrogen-bond acceptors (Lipinski definition) is 4. The smallest absolute Gasteiger partial charge is 0.304 e. The van der Waals surface area contributed by atoms with E-state index in [1.165, 1.54) is 6.07 Å². The second-order valence-corrected chi connectivity index (χ2v) is 2.76. The summed E-state index contributed by atoms with van der Waals surface area (Å²) in [7, 11) is 0. The van der Waals surface area contributed by atoms with Gasteiger partial charge in [-0.1, -0.05) is 6.07 Å². The maximum atomic E-state index is 13.0. The van der Waals surface area contributed by atoms with Crippen LogP contribution in [0.5, 0.6) is 0 Å². The maximum Gasteiger partial charge on any atom is 0.304 e. The number of nitro groups is 1. The molecule has 0 amide bonds. The molecule has 0 aromatic heterocycles. The van der Waals surface area contributed by atoms with Crippen molar-refractivity contribution in [2.75, 3.05) is 6.61 Å². The van der Waals surface area contributed by atoms with Crippen LogP contribution < -0.4 is 5.73 Å². The van der Waals surface area contributed by atoms with Gasteiger partial charge < -0.3 is 10.8 Å².